The molecule has 0 radical (unpaired) electrons. The SMILES string of the molecule is CCN(C(=O)[C@@H]1CCN(CC(=O)N2CC=C(c3ccc(C(N)=NC=NC)cc3)CC2)C1)c1ccc(N)c(C(N)=C(C=N)C=NC)n1. The van der Waals surface area contributed by atoms with Gasteiger partial charge in [-0.15, -0.1) is 0 Å². The molecule has 0 aliphatic carbocycles. The molecule has 2 aliphatic heterocycles. The van der Waals surface area contributed by atoms with Crippen LogP contribution >= 0.6 is 0 Å². The number of hydrogen-bond acceptors (Lipinski definition) is 9. The average molecular weight is 626 g/mol. The van der Waals surface area contributed by atoms with Crippen LogP contribution in [0.5, 0.6) is 0 Å². The molecule has 2 amide bonds. The Morgan fingerprint density at radius 2 is 1.87 bits per heavy atom. The van der Waals surface area contributed by atoms with Gasteiger partial charge in [0, 0.05) is 63.8 Å². The molecule has 1 atom stereocenters. The minimum absolute atomic E-state index is 0.0531. The summed E-state index contributed by atoms with van der Waals surface area (Å²) in [6.07, 6.45) is 7.48. The highest BCUT2D eigenvalue weighted by Crippen LogP contribution is 2.27. The number of likely N-dealkylation sites (tertiary alicyclic amines) is 1. The predicted molar refractivity (Wildman–Crippen MR) is 186 cm³/mol. The van der Waals surface area contributed by atoms with Crippen LogP contribution in [0.1, 0.15) is 36.6 Å². The van der Waals surface area contributed by atoms with Crippen LogP contribution in [0.3, 0.4) is 0 Å². The summed E-state index contributed by atoms with van der Waals surface area (Å²) in [5.41, 5.74) is 22.8. The third kappa shape index (κ3) is 7.91. The van der Waals surface area contributed by atoms with Crippen molar-refractivity contribution < 1.29 is 9.59 Å². The Labute approximate surface area is 269 Å². The number of carbonyl (C=O) groups is 2. The van der Waals surface area contributed by atoms with E-state index in [1.807, 2.05) is 36.1 Å². The van der Waals surface area contributed by atoms with Crippen LogP contribution in [0, 0.1) is 11.3 Å². The van der Waals surface area contributed by atoms with Gasteiger partial charge in [-0.05, 0) is 49.6 Å². The van der Waals surface area contributed by atoms with Crippen LogP contribution in [-0.4, -0.2) is 105 Å². The van der Waals surface area contributed by atoms with E-state index in [1.54, 1.807) is 31.1 Å². The van der Waals surface area contributed by atoms with E-state index in [2.05, 4.69) is 30.9 Å². The van der Waals surface area contributed by atoms with Crippen molar-refractivity contribution in [3.63, 3.8) is 0 Å². The number of nitrogens with one attached hydrogen (secondary N) is 1. The van der Waals surface area contributed by atoms with Gasteiger partial charge in [0.1, 0.15) is 23.7 Å². The number of rotatable bonds is 11. The zero-order chi connectivity index (χ0) is 33.2. The molecule has 0 bridgehead atoms. The zero-order valence-corrected chi connectivity index (χ0v) is 26.7. The van der Waals surface area contributed by atoms with E-state index in [1.165, 1.54) is 18.1 Å². The Morgan fingerprint density at radius 1 is 1.11 bits per heavy atom. The molecule has 7 N–H and O–H groups in total. The molecule has 0 saturated carbocycles. The van der Waals surface area contributed by atoms with E-state index in [0.29, 0.717) is 67.8 Å². The lowest BCUT2D eigenvalue weighted by Gasteiger charge is -2.29. The van der Waals surface area contributed by atoms with E-state index in [0.717, 1.165) is 23.8 Å². The maximum atomic E-state index is 13.6. The number of hydrogen-bond donors (Lipinski definition) is 4. The van der Waals surface area contributed by atoms with Gasteiger partial charge in [-0.3, -0.25) is 29.4 Å². The summed E-state index contributed by atoms with van der Waals surface area (Å²) in [6, 6.07) is 11.3. The highest BCUT2D eigenvalue weighted by Gasteiger charge is 2.33. The van der Waals surface area contributed by atoms with Gasteiger partial charge in [0.25, 0.3) is 0 Å². The molecule has 1 fully saturated rings. The van der Waals surface area contributed by atoms with Gasteiger partial charge in [-0.2, -0.15) is 0 Å². The number of amidine groups is 1. The van der Waals surface area contributed by atoms with E-state index < -0.39 is 0 Å². The van der Waals surface area contributed by atoms with Crippen molar-refractivity contribution in [2.75, 3.05) is 64.0 Å². The third-order valence-electron chi connectivity index (χ3n) is 8.17. The van der Waals surface area contributed by atoms with Crippen LogP contribution in [0.4, 0.5) is 11.5 Å². The summed E-state index contributed by atoms with van der Waals surface area (Å²) in [7, 11) is 3.22. The van der Waals surface area contributed by atoms with Crippen LogP contribution in [0.25, 0.3) is 11.3 Å². The molecule has 1 saturated heterocycles. The Morgan fingerprint density at radius 3 is 2.50 bits per heavy atom. The average Bonchev–Trinajstić information content (AvgIpc) is 3.55. The van der Waals surface area contributed by atoms with Gasteiger partial charge in [-0.1, -0.05) is 30.3 Å². The van der Waals surface area contributed by atoms with Gasteiger partial charge in [-0.25, -0.2) is 9.98 Å². The number of aliphatic imine (C=N–C) groups is 3. The van der Waals surface area contributed by atoms with Gasteiger partial charge in [0.2, 0.25) is 11.8 Å². The van der Waals surface area contributed by atoms with Crippen molar-refractivity contribution in [3.05, 3.63) is 64.9 Å². The molecule has 0 unspecified atom stereocenters. The first kappa shape index (κ1) is 33.7. The normalized spacial score (nSPS) is 18.2. The number of anilines is 2. The summed E-state index contributed by atoms with van der Waals surface area (Å²) in [5.74, 6) is 0.563. The zero-order valence-electron chi connectivity index (χ0n) is 26.7. The fourth-order valence-corrected chi connectivity index (χ4v) is 5.61. The van der Waals surface area contributed by atoms with Crippen molar-refractivity contribution in [1.29, 1.82) is 5.41 Å². The molecule has 2 aliphatic rings. The van der Waals surface area contributed by atoms with Crippen molar-refractivity contribution in [2.24, 2.45) is 32.4 Å². The second-order valence-electron chi connectivity index (χ2n) is 11.1. The molecule has 1 aromatic carbocycles. The molecular weight excluding hydrogens is 582 g/mol. The number of allylic oxidation sites excluding steroid dienone is 1. The Kier molecular flexibility index (Phi) is 11.5. The molecule has 13 heteroatoms. The Hall–Kier alpha value is -5.17. The van der Waals surface area contributed by atoms with E-state index in [4.69, 9.17) is 22.6 Å². The largest absolute Gasteiger partial charge is 0.397 e. The number of benzene rings is 1. The maximum absolute atomic E-state index is 13.6. The molecule has 1 aromatic heterocycles. The smallest absolute Gasteiger partial charge is 0.237 e. The fraction of sp³-hybridized carbons (Fsp3) is 0.364. The molecule has 242 valence electrons. The highest BCUT2D eigenvalue weighted by molar-refractivity contribution is 6.10. The molecule has 3 heterocycles. The van der Waals surface area contributed by atoms with Gasteiger partial charge < -0.3 is 27.5 Å². The molecule has 2 aromatic rings. The van der Waals surface area contributed by atoms with E-state index in [9.17, 15) is 9.59 Å². The second-order valence-corrected chi connectivity index (χ2v) is 11.1. The number of nitrogens with zero attached hydrogens (tertiary/aromatic N) is 7. The first-order valence-corrected chi connectivity index (χ1v) is 15.2. The number of nitrogen functional groups attached to an aromatic ring is 1. The van der Waals surface area contributed by atoms with E-state index >= 15 is 0 Å². The standard InChI is InChI=1S/C33H43N11O2/c1-4-44(28-10-9-27(35)31(41-28)30(36)26(17-34)18-38-2)33(46)25-11-14-42(19-25)20-29(45)43-15-12-23(13-16-43)22-5-7-24(8-6-22)32(37)40-21-39-3/h5-10,12,17-18,21,25,34H,4,11,13-16,19-20,35-36H2,1-3H3,(H2,37,39,40)/t25-/m1/s1. The lowest BCUT2D eigenvalue weighted by Crippen LogP contribution is -2.42. The monoisotopic (exact) mass is 625 g/mol. The maximum Gasteiger partial charge on any atom is 0.237 e. The van der Waals surface area contributed by atoms with Crippen LogP contribution in [-0.2, 0) is 9.59 Å². The predicted octanol–water partition coefficient (Wildman–Crippen LogP) is 2.04. The van der Waals surface area contributed by atoms with Crippen LogP contribution in [0.2, 0.25) is 0 Å². The number of amides is 2. The fourth-order valence-electron chi connectivity index (χ4n) is 5.61. The molecule has 46 heavy (non-hydrogen) atoms. The van der Waals surface area contributed by atoms with E-state index in [-0.39, 0.29) is 30.0 Å². The molecule has 4 rings (SSSR count). The number of pyridine rings is 1. The lowest BCUT2D eigenvalue weighted by atomic mass is 9.98. The summed E-state index contributed by atoms with van der Waals surface area (Å²) in [4.78, 5) is 48.8. The van der Waals surface area contributed by atoms with Crippen LogP contribution < -0.4 is 22.1 Å². The first-order chi connectivity index (χ1) is 22.2. The van der Waals surface area contributed by atoms with Crippen molar-refractivity contribution in [2.45, 2.75) is 19.8 Å². The highest BCUT2D eigenvalue weighted by atomic mass is 16.2. The molecule has 0 spiro atoms. The number of nitrogens with two attached hydrogens (primary N) is 3. The number of carbonyl (C=O) groups excluding carboxylic acids is 2. The summed E-state index contributed by atoms with van der Waals surface area (Å²) in [6.45, 7) is 4.89. The second kappa shape index (κ2) is 15.7. The minimum atomic E-state index is -0.267. The number of aromatic nitrogens is 1. The summed E-state index contributed by atoms with van der Waals surface area (Å²) in [5, 5.41) is 7.65. The van der Waals surface area contributed by atoms with Crippen molar-refractivity contribution in [1.82, 2.24) is 14.8 Å². The van der Waals surface area contributed by atoms with Crippen molar-refractivity contribution >= 4 is 59.2 Å². The molecule has 13 nitrogen and oxygen atoms in total. The van der Waals surface area contributed by atoms with Gasteiger partial charge in [0.15, 0.2) is 0 Å². The Balaban J connectivity index is 1.35. The summed E-state index contributed by atoms with van der Waals surface area (Å²) >= 11 is 0. The molecular formula is C33H43N11O2. The van der Waals surface area contributed by atoms with Crippen LogP contribution in [0.15, 0.2) is 63.0 Å². The summed E-state index contributed by atoms with van der Waals surface area (Å²) < 4.78 is 0. The quantitative estimate of drug-likeness (QED) is 0.216. The first-order valence-electron chi connectivity index (χ1n) is 15.2. The third-order valence-corrected chi connectivity index (χ3v) is 8.17. The van der Waals surface area contributed by atoms with Crippen molar-refractivity contribution in [3.8, 4) is 0 Å². The lowest BCUT2D eigenvalue weighted by molar-refractivity contribution is -0.132. The Bertz CT molecular complexity index is 1590. The topological polar surface area (TPSA) is 196 Å². The minimum Gasteiger partial charge on any atom is -0.397 e. The van der Waals surface area contributed by atoms with Gasteiger partial charge in [0.05, 0.1) is 23.8 Å². The van der Waals surface area contributed by atoms with Gasteiger partial charge >= 0.3 is 0 Å².